The highest BCUT2D eigenvalue weighted by atomic mass is 16.4. The van der Waals surface area contributed by atoms with Crippen LogP contribution >= 0.6 is 0 Å². The zero-order valence-electron chi connectivity index (χ0n) is 16.7. The van der Waals surface area contributed by atoms with Gasteiger partial charge in [-0.25, -0.2) is 0 Å². The lowest BCUT2D eigenvalue weighted by Crippen LogP contribution is -2.30. The topological polar surface area (TPSA) is 81.0 Å². The van der Waals surface area contributed by atoms with Gasteiger partial charge < -0.3 is 15.3 Å². The van der Waals surface area contributed by atoms with E-state index < -0.39 is 5.97 Å². The Morgan fingerprint density at radius 1 is 0.680 bits per heavy atom. The Hall–Kier alpha value is -0.650. The average molecular weight is 362 g/mol. The minimum atomic E-state index is -0.659. The smallest absolute Gasteiger partial charge is 0.303 e. The molecule has 0 rings (SSSR count). The van der Waals surface area contributed by atoms with Crippen LogP contribution in [0.4, 0.5) is 0 Å². The summed E-state index contributed by atoms with van der Waals surface area (Å²) in [6.07, 6.45) is 13.8. The maximum Gasteiger partial charge on any atom is 0.303 e. The first-order valence-electron chi connectivity index (χ1n) is 10.3. The molecule has 0 unspecified atom stereocenters. The van der Waals surface area contributed by atoms with Crippen molar-refractivity contribution in [3.8, 4) is 0 Å². The van der Waals surface area contributed by atoms with Crippen molar-refractivity contribution in [1.82, 2.24) is 4.90 Å². The average Bonchev–Trinajstić information content (AvgIpc) is 2.59. The van der Waals surface area contributed by atoms with Gasteiger partial charge in [0.1, 0.15) is 0 Å². The number of carboxylic acids is 1. The van der Waals surface area contributed by atoms with E-state index in [4.69, 9.17) is 15.3 Å². The van der Waals surface area contributed by atoms with E-state index in [1.165, 1.54) is 44.9 Å². The van der Waals surface area contributed by atoms with Crippen LogP contribution < -0.4 is 0 Å². The van der Waals surface area contributed by atoms with E-state index in [1.54, 1.807) is 0 Å². The Kier molecular flexibility index (Phi) is 24.8. The van der Waals surface area contributed by atoms with E-state index in [1.807, 2.05) is 0 Å². The molecule has 25 heavy (non-hydrogen) atoms. The first kappa shape index (κ1) is 26.6. The molecule has 0 spiro atoms. The van der Waals surface area contributed by atoms with Crippen molar-refractivity contribution in [2.45, 2.75) is 90.9 Å². The van der Waals surface area contributed by atoms with Crippen LogP contribution in [0.1, 0.15) is 90.9 Å². The van der Waals surface area contributed by atoms with E-state index >= 15 is 0 Å². The molecule has 0 heterocycles. The van der Waals surface area contributed by atoms with E-state index in [0.29, 0.717) is 19.5 Å². The molecule has 152 valence electrons. The van der Waals surface area contributed by atoms with Gasteiger partial charge in [-0.2, -0.15) is 0 Å². The summed E-state index contributed by atoms with van der Waals surface area (Å²) < 4.78 is 0. The van der Waals surface area contributed by atoms with Crippen LogP contribution in [0.25, 0.3) is 0 Å². The molecule has 0 saturated heterocycles. The van der Waals surface area contributed by atoms with Crippen LogP contribution in [0.5, 0.6) is 0 Å². The van der Waals surface area contributed by atoms with E-state index in [2.05, 4.69) is 18.7 Å². The number of hydrogen-bond acceptors (Lipinski definition) is 4. The van der Waals surface area contributed by atoms with Gasteiger partial charge in [-0.15, -0.1) is 0 Å². The molecule has 0 bridgehead atoms. The normalized spacial score (nSPS) is 10.6. The van der Waals surface area contributed by atoms with Crippen LogP contribution in [-0.2, 0) is 4.79 Å². The quantitative estimate of drug-likeness (QED) is 0.340. The van der Waals surface area contributed by atoms with Gasteiger partial charge in [0.25, 0.3) is 0 Å². The zero-order chi connectivity index (χ0) is 19.2. The molecule has 5 nitrogen and oxygen atoms in total. The largest absolute Gasteiger partial charge is 0.481 e. The van der Waals surface area contributed by atoms with Crippen molar-refractivity contribution >= 4 is 5.97 Å². The Balaban J connectivity index is 0. The maximum absolute atomic E-state index is 10.2. The first-order chi connectivity index (χ1) is 12.1. The van der Waals surface area contributed by atoms with Gasteiger partial charge in [-0.05, 0) is 19.4 Å². The van der Waals surface area contributed by atoms with E-state index in [0.717, 1.165) is 32.2 Å². The van der Waals surface area contributed by atoms with Crippen molar-refractivity contribution in [2.24, 2.45) is 0 Å². The lowest BCUT2D eigenvalue weighted by atomic mass is 10.1. The second-order valence-corrected chi connectivity index (χ2v) is 6.61. The third kappa shape index (κ3) is 25.7. The van der Waals surface area contributed by atoms with Crippen molar-refractivity contribution in [3.63, 3.8) is 0 Å². The van der Waals surface area contributed by atoms with Crippen molar-refractivity contribution < 1.29 is 20.1 Å². The lowest BCUT2D eigenvalue weighted by Gasteiger charge is -2.19. The third-order valence-electron chi connectivity index (χ3n) is 4.15. The summed E-state index contributed by atoms with van der Waals surface area (Å²) in [6, 6.07) is 0. The number of unbranched alkanes of at least 4 members (excludes halogenated alkanes) is 9. The predicted molar refractivity (Wildman–Crippen MR) is 105 cm³/mol. The molecule has 0 aliphatic carbocycles. The van der Waals surface area contributed by atoms with Crippen molar-refractivity contribution in [2.75, 3.05) is 32.8 Å². The number of rotatable bonds is 17. The number of aliphatic hydroxyl groups excluding tert-OH is 2. The Morgan fingerprint density at radius 3 is 1.52 bits per heavy atom. The summed E-state index contributed by atoms with van der Waals surface area (Å²) in [5.41, 5.74) is 0. The Morgan fingerprint density at radius 2 is 1.12 bits per heavy atom. The van der Waals surface area contributed by atoms with Gasteiger partial charge >= 0.3 is 5.97 Å². The van der Waals surface area contributed by atoms with E-state index in [-0.39, 0.29) is 13.2 Å². The van der Waals surface area contributed by atoms with Crippen molar-refractivity contribution in [1.29, 1.82) is 0 Å². The van der Waals surface area contributed by atoms with Crippen LogP contribution in [0, 0.1) is 0 Å². The van der Waals surface area contributed by atoms with Gasteiger partial charge in [0, 0.05) is 19.5 Å². The minimum Gasteiger partial charge on any atom is -0.481 e. The minimum absolute atomic E-state index is 0.184. The molecule has 3 N–H and O–H groups in total. The highest BCUT2D eigenvalue weighted by molar-refractivity contribution is 5.66. The summed E-state index contributed by atoms with van der Waals surface area (Å²) >= 11 is 0. The molecule has 0 aliphatic heterocycles. The summed E-state index contributed by atoms with van der Waals surface area (Å²) in [5.74, 6) is -0.659. The highest BCUT2D eigenvalue weighted by Gasteiger charge is 2.00. The van der Waals surface area contributed by atoms with Gasteiger partial charge in [0.15, 0.2) is 0 Å². The summed E-state index contributed by atoms with van der Waals surface area (Å²) in [5, 5.41) is 25.7. The summed E-state index contributed by atoms with van der Waals surface area (Å²) in [6.45, 7) is 7.08. The molecule has 0 aromatic rings. The molecule has 0 aromatic heterocycles. The molecule has 0 aliphatic rings. The van der Waals surface area contributed by atoms with Gasteiger partial charge in [-0.1, -0.05) is 71.6 Å². The second-order valence-electron chi connectivity index (χ2n) is 6.61. The first-order valence-corrected chi connectivity index (χ1v) is 10.3. The number of aliphatic hydroxyl groups is 2. The molecule has 0 aromatic carbocycles. The van der Waals surface area contributed by atoms with Crippen LogP contribution in [-0.4, -0.2) is 59.0 Å². The molecular formula is C20H43NO4. The maximum atomic E-state index is 10.2. The molecule has 5 heteroatoms. The van der Waals surface area contributed by atoms with Crippen molar-refractivity contribution in [3.05, 3.63) is 0 Å². The fraction of sp³-hybridized carbons (Fsp3) is 0.950. The third-order valence-corrected chi connectivity index (χ3v) is 4.15. The highest BCUT2D eigenvalue weighted by Crippen LogP contribution is 2.10. The van der Waals surface area contributed by atoms with Gasteiger partial charge in [0.05, 0.1) is 13.2 Å². The van der Waals surface area contributed by atoms with Crippen LogP contribution in [0.3, 0.4) is 0 Å². The van der Waals surface area contributed by atoms with E-state index in [9.17, 15) is 4.79 Å². The second kappa shape index (κ2) is 23.4. The van der Waals surface area contributed by atoms with Gasteiger partial charge in [0.2, 0.25) is 0 Å². The Labute approximate surface area is 155 Å². The number of nitrogens with zero attached hydrogens (tertiary/aromatic N) is 1. The zero-order valence-corrected chi connectivity index (χ0v) is 16.7. The number of aliphatic carboxylic acids is 1. The number of carboxylic acid groups (broad SMARTS) is 1. The molecule has 0 saturated carbocycles. The molecule has 0 fully saturated rings. The lowest BCUT2D eigenvalue weighted by molar-refractivity contribution is -0.137. The van der Waals surface area contributed by atoms with Crippen LogP contribution in [0.15, 0.2) is 0 Å². The molecule has 0 amide bonds. The molecular weight excluding hydrogens is 318 g/mol. The van der Waals surface area contributed by atoms with Crippen LogP contribution in [0.2, 0.25) is 0 Å². The summed E-state index contributed by atoms with van der Waals surface area (Å²) in [7, 11) is 0. The summed E-state index contributed by atoms with van der Waals surface area (Å²) in [4.78, 5) is 12.3. The fourth-order valence-electron chi connectivity index (χ4n) is 2.59. The monoisotopic (exact) mass is 361 g/mol. The number of hydrogen-bond donors (Lipinski definition) is 3. The fourth-order valence-corrected chi connectivity index (χ4v) is 2.59. The SMILES string of the molecule is CCCCCCCCCCCC(=O)O.CCCCN(CCO)CCO. The number of carbonyl (C=O) groups is 1. The predicted octanol–water partition coefficient (Wildman–Crippen LogP) is 4.07. The molecule has 0 radical (unpaired) electrons. The van der Waals surface area contributed by atoms with Gasteiger partial charge in [-0.3, -0.25) is 9.69 Å². The molecule has 0 atom stereocenters. The Bertz CT molecular complexity index is 256. The standard InChI is InChI=1S/C12H24O2.C8H19NO2/c1-2-3-4-5-6-7-8-9-10-11-12(13)14;1-2-3-4-9(5-7-10)6-8-11/h2-11H2,1H3,(H,13,14);10-11H,2-8H2,1H3.